The number of carbonyl (C=O) groups is 1. The summed E-state index contributed by atoms with van der Waals surface area (Å²) in [6, 6.07) is 5.50. The number of hydrogen-bond acceptors (Lipinski definition) is 3. The molecule has 0 bridgehead atoms. The van der Waals surface area contributed by atoms with Gasteiger partial charge in [-0.2, -0.15) is 0 Å². The molecule has 3 N–H and O–H groups in total. The molecule has 4 nitrogen and oxygen atoms in total. The van der Waals surface area contributed by atoms with Gasteiger partial charge < -0.3 is 15.8 Å². The zero-order valence-electron chi connectivity index (χ0n) is 13.4. The minimum Gasteiger partial charge on any atom is -0.496 e. The average Bonchev–Trinajstić information content (AvgIpc) is 2.81. The number of fused-ring (bicyclic) bond motifs is 1. The van der Waals surface area contributed by atoms with E-state index in [1.54, 1.807) is 14.0 Å². The number of rotatable bonds is 4. The van der Waals surface area contributed by atoms with E-state index in [-0.39, 0.29) is 25.3 Å². The Morgan fingerprint density at radius 2 is 2.09 bits per heavy atom. The van der Waals surface area contributed by atoms with Crippen molar-refractivity contribution in [1.29, 1.82) is 0 Å². The van der Waals surface area contributed by atoms with Gasteiger partial charge in [0.25, 0.3) is 0 Å². The number of halogens is 2. The molecule has 126 valence electrons. The lowest BCUT2D eigenvalue weighted by atomic mass is 9.67. The fourth-order valence-electron chi connectivity index (χ4n) is 3.90. The highest BCUT2D eigenvalue weighted by atomic mass is 19.3. The molecule has 0 aromatic heterocycles. The number of carbonyl (C=O) groups excluding carboxylic acids is 1. The predicted octanol–water partition coefficient (Wildman–Crippen LogP) is 2.35. The van der Waals surface area contributed by atoms with Crippen LogP contribution in [-0.4, -0.2) is 25.5 Å². The lowest BCUT2D eigenvalue weighted by Gasteiger charge is -2.45. The molecule has 0 radical (unpaired) electrons. The Kier molecular flexibility index (Phi) is 3.63. The third-order valence-corrected chi connectivity index (χ3v) is 5.05. The molecular formula is C17H22F2N2O2. The van der Waals surface area contributed by atoms with E-state index < -0.39 is 16.9 Å². The molecule has 1 atom stereocenters. The van der Waals surface area contributed by atoms with Crippen LogP contribution in [0.5, 0.6) is 5.75 Å². The predicted molar refractivity (Wildman–Crippen MR) is 82.5 cm³/mol. The molecule has 1 aromatic rings. The summed E-state index contributed by atoms with van der Waals surface area (Å²) in [4.78, 5) is 12.6. The van der Waals surface area contributed by atoms with E-state index in [4.69, 9.17) is 10.5 Å². The largest absolute Gasteiger partial charge is 0.496 e. The van der Waals surface area contributed by atoms with Gasteiger partial charge in [-0.1, -0.05) is 19.1 Å². The number of nitrogens with one attached hydrogen (secondary N) is 1. The number of hydrogen-bond donors (Lipinski definition) is 2. The molecular weight excluding hydrogens is 302 g/mol. The Bertz CT molecular complexity index is 639. The van der Waals surface area contributed by atoms with E-state index in [1.165, 1.54) is 0 Å². The molecule has 1 fully saturated rings. The molecule has 6 heteroatoms. The SMILES string of the molecule is COc1cccc2c1CCC2(N)C(=O)NCC1(C)CC(F)(F)C1. The summed E-state index contributed by atoms with van der Waals surface area (Å²) >= 11 is 0. The van der Waals surface area contributed by atoms with Crippen LogP contribution in [-0.2, 0) is 16.8 Å². The van der Waals surface area contributed by atoms with Gasteiger partial charge in [0.1, 0.15) is 11.3 Å². The quantitative estimate of drug-likeness (QED) is 0.893. The summed E-state index contributed by atoms with van der Waals surface area (Å²) in [5.41, 5.74) is 6.41. The van der Waals surface area contributed by atoms with Crippen LogP contribution in [0.25, 0.3) is 0 Å². The average molecular weight is 324 g/mol. The summed E-state index contributed by atoms with van der Waals surface area (Å²) in [6.45, 7) is 1.99. The second-order valence-corrected chi connectivity index (χ2v) is 7.16. The van der Waals surface area contributed by atoms with E-state index in [0.717, 1.165) is 16.9 Å². The first-order chi connectivity index (χ1) is 10.7. The number of methoxy groups -OCH3 is 1. The second-order valence-electron chi connectivity index (χ2n) is 7.16. The van der Waals surface area contributed by atoms with Crippen LogP contribution in [0, 0.1) is 5.41 Å². The fourth-order valence-corrected chi connectivity index (χ4v) is 3.90. The van der Waals surface area contributed by atoms with E-state index in [0.29, 0.717) is 12.8 Å². The van der Waals surface area contributed by atoms with Gasteiger partial charge in [0.15, 0.2) is 0 Å². The normalized spacial score (nSPS) is 27.0. The Hall–Kier alpha value is -1.69. The van der Waals surface area contributed by atoms with E-state index in [9.17, 15) is 13.6 Å². The standard InChI is InChI=1S/C17H22F2N2O2/c1-15(8-16(18,19)9-15)10-21-14(22)17(20)7-6-11-12(17)4-3-5-13(11)23-2/h3-5H,6-10,20H2,1-2H3,(H,21,22). The van der Waals surface area contributed by atoms with Crippen LogP contribution in [0.3, 0.4) is 0 Å². The maximum absolute atomic E-state index is 13.1. The summed E-state index contributed by atoms with van der Waals surface area (Å²) in [5, 5.41) is 2.79. The van der Waals surface area contributed by atoms with Gasteiger partial charge in [0, 0.05) is 19.4 Å². The number of benzene rings is 1. The third-order valence-electron chi connectivity index (χ3n) is 5.05. The van der Waals surface area contributed by atoms with Crippen LogP contribution >= 0.6 is 0 Å². The molecule has 0 spiro atoms. The van der Waals surface area contributed by atoms with Crippen molar-refractivity contribution >= 4 is 5.91 Å². The fraction of sp³-hybridized carbons (Fsp3) is 0.588. The zero-order valence-corrected chi connectivity index (χ0v) is 13.4. The first kappa shape index (κ1) is 16.2. The number of nitrogens with two attached hydrogens (primary N) is 1. The van der Waals surface area contributed by atoms with Crippen LogP contribution in [0.2, 0.25) is 0 Å². The molecule has 2 aliphatic carbocycles. The maximum atomic E-state index is 13.1. The molecule has 0 saturated heterocycles. The molecule has 2 aliphatic rings. The molecule has 1 saturated carbocycles. The van der Waals surface area contributed by atoms with Crippen molar-refractivity contribution < 1.29 is 18.3 Å². The smallest absolute Gasteiger partial charge is 0.249 e. The third kappa shape index (κ3) is 2.69. The van der Waals surface area contributed by atoms with E-state index >= 15 is 0 Å². The highest BCUT2D eigenvalue weighted by Gasteiger charge is 2.54. The van der Waals surface area contributed by atoms with Crippen LogP contribution in [0.15, 0.2) is 18.2 Å². The van der Waals surface area contributed by atoms with Crippen molar-refractivity contribution in [2.24, 2.45) is 11.1 Å². The van der Waals surface area contributed by atoms with Gasteiger partial charge in [-0.15, -0.1) is 0 Å². The van der Waals surface area contributed by atoms with Crippen LogP contribution < -0.4 is 15.8 Å². The topological polar surface area (TPSA) is 64.3 Å². The van der Waals surface area contributed by atoms with Gasteiger partial charge in [-0.25, -0.2) is 8.78 Å². The van der Waals surface area contributed by atoms with Crippen molar-refractivity contribution in [3.8, 4) is 5.75 Å². The van der Waals surface area contributed by atoms with Crippen molar-refractivity contribution in [3.63, 3.8) is 0 Å². The molecule has 23 heavy (non-hydrogen) atoms. The maximum Gasteiger partial charge on any atom is 0.249 e. The first-order valence-corrected chi connectivity index (χ1v) is 7.81. The summed E-state index contributed by atoms with van der Waals surface area (Å²) in [6.07, 6.45) is 0.768. The van der Waals surface area contributed by atoms with E-state index in [2.05, 4.69) is 5.32 Å². The number of ether oxygens (including phenoxy) is 1. The number of amides is 1. The van der Waals surface area contributed by atoms with Gasteiger partial charge >= 0.3 is 0 Å². The number of alkyl halides is 2. The minimum absolute atomic E-state index is 0.192. The lowest BCUT2D eigenvalue weighted by molar-refractivity contribution is -0.155. The minimum atomic E-state index is -2.60. The monoisotopic (exact) mass is 324 g/mol. The zero-order chi connectivity index (χ0) is 16.9. The Morgan fingerprint density at radius 1 is 1.39 bits per heavy atom. The second kappa shape index (κ2) is 5.16. The Morgan fingerprint density at radius 3 is 2.70 bits per heavy atom. The van der Waals surface area contributed by atoms with Gasteiger partial charge in [0.05, 0.1) is 7.11 Å². The lowest BCUT2D eigenvalue weighted by Crippen LogP contribution is -2.55. The molecule has 3 rings (SSSR count). The highest BCUT2D eigenvalue weighted by molar-refractivity contribution is 5.89. The molecule has 1 aromatic carbocycles. The van der Waals surface area contributed by atoms with Gasteiger partial charge in [0.2, 0.25) is 11.8 Å². The Labute approximate surface area is 134 Å². The summed E-state index contributed by atoms with van der Waals surface area (Å²) in [5.74, 6) is -2.18. The Balaban J connectivity index is 1.72. The van der Waals surface area contributed by atoms with Crippen LogP contribution in [0.1, 0.15) is 37.3 Å². The molecule has 0 aliphatic heterocycles. The first-order valence-electron chi connectivity index (χ1n) is 7.81. The van der Waals surface area contributed by atoms with Crippen molar-refractivity contribution in [1.82, 2.24) is 5.32 Å². The summed E-state index contributed by atoms with van der Waals surface area (Å²) in [7, 11) is 1.59. The van der Waals surface area contributed by atoms with Crippen molar-refractivity contribution in [3.05, 3.63) is 29.3 Å². The molecule has 1 amide bonds. The highest BCUT2D eigenvalue weighted by Crippen LogP contribution is 2.51. The molecule has 0 heterocycles. The summed E-state index contributed by atoms with van der Waals surface area (Å²) < 4.78 is 31.5. The molecule has 1 unspecified atom stereocenters. The van der Waals surface area contributed by atoms with Crippen molar-refractivity contribution in [2.45, 2.75) is 44.1 Å². The van der Waals surface area contributed by atoms with Gasteiger partial charge in [-0.05, 0) is 35.4 Å². The van der Waals surface area contributed by atoms with Crippen LogP contribution in [0.4, 0.5) is 8.78 Å². The van der Waals surface area contributed by atoms with Gasteiger partial charge in [-0.3, -0.25) is 4.79 Å². The van der Waals surface area contributed by atoms with E-state index in [1.807, 2.05) is 18.2 Å². The van der Waals surface area contributed by atoms with Crippen molar-refractivity contribution in [2.75, 3.05) is 13.7 Å².